The van der Waals surface area contributed by atoms with E-state index in [1.165, 1.54) is 39.1 Å². The third-order valence-corrected chi connectivity index (χ3v) is 3.15. The zero-order chi connectivity index (χ0) is 11.6. The van der Waals surface area contributed by atoms with Crippen molar-refractivity contribution in [3.05, 3.63) is 0 Å². The molecule has 16 heavy (non-hydrogen) atoms. The van der Waals surface area contributed by atoms with Crippen molar-refractivity contribution in [1.82, 2.24) is 9.80 Å². The average Bonchev–Trinajstić information content (AvgIpc) is 2.32. The first-order valence-electron chi connectivity index (χ1n) is 6.59. The summed E-state index contributed by atoms with van der Waals surface area (Å²) in [6.07, 6.45) is 2.40. The topological polar surface area (TPSA) is 41.7 Å². The Labute approximate surface area is 99.7 Å². The molecule has 0 bridgehead atoms. The maximum atomic E-state index is 5.49. The van der Waals surface area contributed by atoms with E-state index < -0.39 is 0 Å². The fraction of sp³-hybridized carbons (Fsp3) is 1.00. The summed E-state index contributed by atoms with van der Waals surface area (Å²) >= 11 is 0. The van der Waals surface area contributed by atoms with Crippen LogP contribution < -0.4 is 5.73 Å². The predicted octanol–water partition coefficient (Wildman–Crippen LogP) is 0.379. The first-order chi connectivity index (χ1) is 7.86. The minimum atomic E-state index is 0.828. The molecule has 4 heteroatoms. The molecule has 0 amide bonds. The molecule has 1 fully saturated rings. The summed E-state index contributed by atoms with van der Waals surface area (Å²) in [7, 11) is 0. The predicted molar refractivity (Wildman–Crippen MR) is 67.7 cm³/mol. The normalized spacial score (nSPS) is 19.1. The van der Waals surface area contributed by atoms with Gasteiger partial charge in [0.1, 0.15) is 0 Å². The lowest BCUT2D eigenvalue weighted by atomic mass is 10.2. The van der Waals surface area contributed by atoms with Crippen molar-refractivity contribution in [2.24, 2.45) is 5.73 Å². The highest BCUT2D eigenvalue weighted by Crippen LogP contribution is 2.03. The van der Waals surface area contributed by atoms with Crippen LogP contribution in [0.25, 0.3) is 0 Å². The number of piperazine rings is 1. The van der Waals surface area contributed by atoms with Gasteiger partial charge in [-0.3, -0.25) is 4.90 Å². The van der Waals surface area contributed by atoms with Crippen LogP contribution in [0, 0.1) is 0 Å². The molecule has 0 aromatic heterocycles. The van der Waals surface area contributed by atoms with Gasteiger partial charge in [-0.1, -0.05) is 0 Å². The zero-order valence-corrected chi connectivity index (χ0v) is 10.7. The van der Waals surface area contributed by atoms with Gasteiger partial charge in [0.2, 0.25) is 0 Å². The zero-order valence-electron chi connectivity index (χ0n) is 10.7. The number of nitrogens with two attached hydrogens (primary N) is 1. The van der Waals surface area contributed by atoms with E-state index in [1.807, 2.05) is 0 Å². The van der Waals surface area contributed by atoms with E-state index in [9.17, 15) is 0 Å². The summed E-state index contributed by atoms with van der Waals surface area (Å²) in [5, 5.41) is 0. The SMILES string of the molecule is CCOCCN1CCN(CCCCN)CC1. The van der Waals surface area contributed by atoms with Crippen molar-refractivity contribution in [3.63, 3.8) is 0 Å². The highest BCUT2D eigenvalue weighted by molar-refractivity contribution is 4.71. The van der Waals surface area contributed by atoms with Gasteiger partial charge in [0.15, 0.2) is 0 Å². The standard InChI is InChI=1S/C12H27N3O/c1-2-16-12-11-15-9-7-14(8-10-15)6-4-3-5-13/h2-13H2,1H3. The molecular weight excluding hydrogens is 202 g/mol. The summed E-state index contributed by atoms with van der Waals surface area (Å²) in [4.78, 5) is 5.04. The summed E-state index contributed by atoms with van der Waals surface area (Å²) in [6.45, 7) is 11.7. The second-order valence-corrected chi connectivity index (χ2v) is 4.38. The first kappa shape index (κ1) is 13.9. The fourth-order valence-corrected chi connectivity index (χ4v) is 2.05. The van der Waals surface area contributed by atoms with Gasteiger partial charge in [-0.2, -0.15) is 0 Å². The maximum Gasteiger partial charge on any atom is 0.0593 e. The quantitative estimate of drug-likeness (QED) is 0.611. The van der Waals surface area contributed by atoms with Crippen LogP contribution in [0.4, 0.5) is 0 Å². The molecule has 0 aromatic rings. The van der Waals surface area contributed by atoms with Crippen molar-refractivity contribution in [3.8, 4) is 0 Å². The molecule has 1 aliphatic rings. The van der Waals surface area contributed by atoms with Crippen molar-refractivity contribution in [1.29, 1.82) is 0 Å². The number of unbranched alkanes of at least 4 members (excludes halogenated alkanes) is 1. The van der Waals surface area contributed by atoms with Crippen molar-refractivity contribution < 1.29 is 4.74 Å². The Morgan fingerprint density at radius 3 is 2.19 bits per heavy atom. The largest absolute Gasteiger partial charge is 0.380 e. The number of hydrogen-bond donors (Lipinski definition) is 1. The van der Waals surface area contributed by atoms with Crippen LogP contribution in [0.5, 0.6) is 0 Å². The van der Waals surface area contributed by atoms with Gasteiger partial charge >= 0.3 is 0 Å². The van der Waals surface area contributed by atoms with Crippen LogP contribution in [0.15, 0.2) is 0 Å². The summed E-state index contributed by atoms with van der Waals surface area (Å²) < 4.78 is 5.37. The highest BCUT2D eigenvalue weighted by atomic mass is 16.5. The molecule has 96 valence electrons. The minimum absolute atomic E-state index is 0.828. The molecule has 0 unspecified atom stereocenters. The molecule has 1 rings (SSSR count). The Balaban J connectivity index is 2.00. The van der Waals surface area contributed by atoms with Crippen LogP contribution in [-0.4, -0.2) is 68.8 Å². The second kappa shape index (κ2) is 8.93. The van der Waals surface area contributed by atoms with E-state index in [0.717, 1.165) is 32.7 Å². The molecule has 0 saturated carbocycles. The number of hydrogen-bond acceptors (Lipinski definition) is 4. The van der Waals surface area contributed by atoms with Gasteiger partial charge in [-0.25, -0.2) is 0 Å². The first-order valence-corrected chi connectivity index (χ1v) is 6.59. The molecule has 0 aromatic carbocycles. The number of nitrogens with zero attached hydrogens (tertiary/aromatic N) is 2. The minimum Gasteiger partial charge on any atom is -0.380 e. The molecule has 1 aliphatic heterocycles. The Kier molecular flexibility index (Phi) is 7.76. The smallest absolute Gasteiger partial charge is 0.0593 e. The third-order valence-electron chi connectivity index (χ3n) is 3.15. The van der Waals surface area contributed by atoms with Gasteiger partial charge in [0.25, 0.3) is 0 Å². The molecule has 0 atom stereocenters. The van der Waals surface area contributed by atoms with Crippen LogP contribution in [-0.2, 0) is 4.74 Å². The fourth-order valence-electron chi connectivity index (χ4n) is 2.05. The van der Waals surface area contributed by atoms with Crippen LogP contribution in [0.1, 0.15) is 19.8 Å². The third kappa shape index (κ3) is 5.80. The van der Waals surface area contributed by atoms with E-state index in [1.54, 1.807) is 0 Å². The highest BCUT2D eigenvalue weighted by Gasteiger charge is 2.15. The van der Waals surface area contributed by atoms with Crippen molar-refractivity contribution in [2.45, 2.75) is 19.8 Å². The van der Waals surface area contributed by atoms with E-state index >= 15 is 0 Å². The molecular formula is C12H27N3O. The Hall–Kier alpha value is -0.160. The lowest BCUT2D eigenvalue weighted by Crippen LogP contribution is -2.47. The van der Waals surface area contributed by atoms with E-state index in [-0.39, 0.29) is 0 Å². The van der Waals surface area contributed by atoms with Gasteiger partial charge in [0.05, 0.1) is 6.61 Å². The molecule has 2 N–H and O–H groups in total. The Bertz CT molecular complexity index is 140. The number of rotatable bonds is 8. The lowest BCUT2D eigenvalue weighted by Gasteiger charge is -2.34. The summed E-state index contributed by atoms with van der Waals surface area (Å²) in [5.41, 5.74) is 5.49. The van der Waals surface area contributed by atoms with E-state index in [0.29, 0.717) is 0 Å². The second-order valence-electron chi connectivity index (χ2n) is 4.38. The van der Waals surface area contributed by atoms with E-state index in [4.69, 9.17) is 10.5 Å². The van der Waals surface area contributed by atoms with Crippen LogP contribution >= 0.6 is 0 Å². The molecule has 1 saturated heterocycles. The Morgan fingerprint density at radius 2 is 1.62 bits per heavy atom. The Morgan fingerprint density at radius 1 is 1.00 bits per heavy atom. The van der Waals surface area contributed by atoms with Gasteiger partial charge in [-0.15, -0.1) is 0 Å². The van der Waals surface area contributed by atoms with E-state index in [2.05, 4.69) is 16.7 Å². The molecule has 0 spiro atoms. The van der Waals surface area contributed by atoms with Crippen molar-refractivity contribution >= 4 is 0 Å². The molecule has 0 aliphatic carbocycles. The lowest BCUT2D eigenvalue weighted by molar-refractivity contribution is 0.0804. The number of ether oxygens (including phenoxy) is 1. The molecule has 1 heterocycles. The maximum absolute atomic E-state index is 5.49. The van der Waals surface area contributed by atoms with Crippen molar-refractivity contribution in [2.75, 3.05) is 59.0 Å². The monoisotopic (exact) mass is 229 g/mol. The molecule has 4 nitrogen and oxygen atoms in total. The van der Waals surface area contributed by atoms with Crippen LogP contribution in [0.3, 0.4) is 0 Å². The molecule has 0 radical (unpaired) electrons. The van der Waals surface area contributed by atoms with Crippen LogP contribution in [0.2, 0.25) is 0 Å². The summed E-state index contributed by atoms with van der Waals surface area (Å²) in [5.74, 6) is 0. The average molecular weight is 229 g/mol. The summed E-state index contributed by atoms with van der Waals surface area (Å²) in [6, 6.07) is 0. The van der Waals surface area contributed by atoms with Gasteiger partial charge in [-0.05, 0) is 32.9 Å². The van der Waals surface area contributed by atoms with Gasteiger partial charge < -0.3 is 15.4 Å². The van der Waals surface area contributed by atoms with Gasteiger partial charge in [0, 0.05) is 39.3 Å².